The molecular formula is C17H20FN. The van der Waals surface area contributed by atoms with Gasteiger partial charge in [0.2, 0.25) is 0 Å². The van der Waals surface area contributed by atoms with Crippen molar-refractivity contribution >= 4 is 0 Å². The molecule has 0 aliphatic carbocycles. The van der Waals surface area contributed by atoms with Crippen LogP contribution in [0.3, 0.4) is 0 Å². The van der Waals surface area contributed by atoms with Crippen LogP contribution in [0.1, 0.15) is 37.0 Å². The Balaban J connectivity index is 2.33. The zero-order chi connectivity index (χ0) is 13.9. The first kappa shape index (κ1) is 13.8. The third-order valence-electron chi connectivity index (χ3n) is 3.52. The smallest absolute Gasteiger partial charge is 0.123 e. The number of aryl methyl sites for hydroxylation is 1. The largest absolute Gasteiger partial charge is 0.318 e. The van der Waals surface area contributed by atoms with Crippen molar-refractivity contribution in [3.63, 3.8) is 0 Å². The van der Waals surface area contributed by atoms with Crippen LogP contribution in [0.2, 0.25) is 0 Å². The molecule has 2 aromatic rings. The molecule has 2 aromatic carbocycles. The summed E-state index contributed by atoms with van der Waals surface area (Å²) in [6, 6.07) is 14.8. The summed E-state index contributed by atoms with van der Waals surface area (Å²) in [7, 11) is 0. The molecule has 2 N–H and O–H groups in total. The Bertz CT molecular complexity index is 543. The third-order valence-corrected chi connectivity index (χ3v) is 3.52. The molecule has 0 heterocycles. The summed E-state index contributed by atoms with van der Waals surface area (Å²) in [5.74, 6) is -0.253. The molecule has 0 fully saturated rings. The Kier molecular flexibility index (Phi) is 4.01. The topological polar surface area (TPSA) is 26.0 Å². The highest BCUT2D eigenvalue weighted by Crippen LogP contribution is 2.27. The van der Waals surface area contributed by atoms with E-state index < -0.39 is 5.54 Å². The van der Waals surface area contributed by atoms with E-state index in [9.17, 15) is 4.39 Å². The summed E-state index contributed by atoms with van der Waals surface area (Å²) < 4.78 is 13.3. The molecule has 0 aliphatic rings. The molecule has 0 saturated carbocycles. The van der Waals surface area contributed by atoms with E-state index in [1.165, 1.54) is 17.7 Å². The highest BCUT2D eigenvalue weighted by Gasteiger charge is 2.23. The normalized spacial score (nSPS) is 14.1. The molecule has 100 valence electrons. The molecule has 0 aromatic heterocycles. The van der Waals surface area contributed by atoms with Gasteiger partial charge in [0.15, 0.2) is 0 Å². The van der Waals surface area contributed by atoms with Gasteiger partial charge in [0.25, 0.3) is 0 Å². The summed E-state index contributed by atoms with van der Waals surface area (Å²) in [5, 5.41) is 0. The van der Waals surface area contributed by atoms with Crippen molar-refractivity contribution in [3.05, 3.63) is 71.0 Å². The van der Waals surface area contributed by atoms with Gasteiger partial charge in [-0.2, -0.15) is 0 Å². The van der Waals surface area contributed by atoms with Crippen molar-refractivity contribution in [2.75, 3.05) is 0 Å². The Morgan fingerprint density at radius 3 is 2.32 bits per heavy atom. The van der Waals surface area contributed by atoms with Crippen molar-refractivity contribution < 1.29 is 4.39 Å². The van der Waals surface area contributed by atoms with Gasteiger partial charge < -0.3 is 5.73 Å². The van der Waals surface area contributed by atoms with E-state index in [4.69, 9.17) is 5.73 Å². The highest BCUT2D eigenvalue weighted by molar-refractivity contribution is 5.38. The standard InChI is InChI=1S/C17H20FN/c1-3-5-13-8-10-14(11-9-13)17(2,19)15-6-4-7-16(18)12-15/h4,6-12H,3,5,19H2,1-2H3. The molecule has 2 heteroatoms. The van der Waals surface area contributed by atoms with Crippen LogP contribution in [-0.2, 0) is 12.0 Å². The molecule has 19 heavy (non-hydrogen) atoms. The molecule has 0 bridgehead atoms. The molecule has 1 unspecified atom stereocenters. The van der Waals surface area contributed by atoms with Crippen LogP contribution in [-0.4, -0.2) is 0 Å². The first-order valence-corrected chi connectivity index (χ1v) is 6.68. The van der Waals surface area contributed by atoms with E-state index >= 15 is 0 Å². The number of benzene rings is 2. The molecule has 1 nitrogen and oxygen atoms in total. The number of rotatable bonds is 4. The lowest BCUT2D eigenvalue weighted by Crippen LogP contribution is -2.34. The van der Waals surface area contributed by atoms with Gasteiger partial charge in [-0.3, -0.25) is 0 Å². The van der Waals surface area contributed by atoms with Crippen LogP contribution in [0, 0.1) is 5.82 Å². The van der Waals surface area contributed by atoms with Gasteiger partial charge in [0, 0.05) is 0 Å². The van der Waals surface area contributed by atoms with Gasteiger partial charge in [-0.05, 0) is 42.2 Å². The fourth-order valence-corrected chi connectivity index (χ4v) is 2.28. The van der Waals surface area contributed by atoms with Gasteiger partial charge in [-0.25, -0.2) is 4.39 Å². The summed E-state index contributed by atoms with van der Waals surface area (Å²) >= 11 is 0. The lowest BCUT2D eigenvalue weighted by atomic mass is 9.85. The molecule has 2 rings (SSSR count). The molecule has 0 amide bonds. The zero-order valence-corrected chi connectivity index (χ0v) is 11.5. The van der Waals surface area contributed by atoms with Crippen LogP contribution in [0.4, 0.5) is 4.39 Å². The molecule has 0 saturated heterocycles. The molecule has 0 aliphatic heterocycles. The van der Waals surface area contributed by atoms with Gasteiger partial charge in [0.1, 0.15) is 5.82 Å². The predicted molar refractivity (Wildman–Crippen MR) is 77.5 cm³/mol. The van der Waals surface area contributed by atoms with Gasteiger partial charge in [0.05, 0.1) is 5.54 Å². The van der Waals surface area contributed by atoms with E-state index in [1.807, 2.05) is 25.1 Å². The first-order chi connectivity index (χ1) is 9.04. The van der Waals surface area contributed by atoms with E-state index in [-0.39, 0.29) is 5.82 Å². The fourth-order valence-electron chi connectivity index (χ4n) is 2.28. The number of nitrogens with two attached hydrogens (primary N) is 1. The van der Waals surface area contributed by atoms with Crippen LogP contribution < -0.4 is 5.73 Å². The quantitative estimate of drug-likeness (QED) is 0.880. The molecule has 0 spiro atoms. The molecule has 0 radical (unpaired) electrons. The van der Waals surface area contributed by atoms with Crippen LogP contribution in [0.5, 0.6) is 0 Å². The van der Waals surface area contributed by atoms with Gasteiger partial charge >= 0.3 is 0 Å². The number of halogens is 1. The number of hydrogen-bond acceptors (Lipinski definition) is 1. The average Bonchev–Trinajstić information content (AvgIpc) is 2.40. The second-order valence-corrected chi connectivity index (χ2v) is 5.16. The fraction of sp³-hybridized carbons (Fsp3) is 0.294. The van der Waals surface area contributed by atoms with Crippen molar-refractivity contribution in [2.24, 2.45) is 5.73 Å². The van der Waals surface area contributed by atoms with E-state index in [0.29, 0.717) is 0 Å². The minimum Gasteiger partial charge on any atom is -0.318 e. The van der Waals surface area contributed by atoms with E-state index in [1.54, 1.807) is 6.07 Å². The second-order valence-electron chi connectivity index (χ2n) is 5.16. The Labute approximate surface area is 114 Å². The zero-order valence-electron chi connectivity index (χ0n) is 11.5. The van der Waals surface area contributed by atoms with Crippen molar-refractivity contribution in [2.45, 2.75) is 32.2 Å². The highest BCUT2D eigenvalue weighted by atomic mass is 19.1. The van der Waals surface area contributed by atoms with Gasteiger partial charge in [-0.15, -0.1) is 0 Å². The van der Waals surface area contributed by atoms with E-state index in [2.05, 4.69) is 19.1 Å². The Hall–Kier alpha value is -1.67. The predicted octanol–water partition coefficient (Wildman–Crippen LogP) is 4.00. The Morgan fingerprint density at radius 2 is 1.74 bits per heavy atom. The summed E-state index contributed by atoms with van der Waals surface area (Å²) in [6.45, 7) is 4.07. The monoisotopic (exact) mass is 257 g/mol. The average molecular weight is 257 g/mol. The van der Waals surface area contributed by atoms with Gasteiger partial charge in [-0.1, -0.05) is 49.7 Å². The first-order valence-electron chi connectivity index (χ1n) is 6.68. The summed E-state index contributed by atoms with van der Waals surface area (Å²) in [6.07, 6.45) is 2.20. The summed E-state index contributed by atoms with van der Waals surface area (Å²) in [4.78, 5) is 0. The van der Waals surface area contributed by atoms with Crippen molar-refractivity contribution in [1.29, 1.82) is 0 Å². The minimum atomic E-state index is -0.674. The SMILES string of the molecule is CCCc1ccc(C(C)(N)c2cccc(F)c2)cc1. The third kappa shape index (κ3) is 3.02. The maximum Gasteiger partial charge on any atom is 0.123 e. The lowest BCUT2D eigenvalue weighted by Gasteiger charge is -2.26. The Morgan fingerprint density at radius 1 is 1.05 bits per heavy atom. The van der Waals surface area contributed by atoms with Crippen molar-refractivity contribution in [3.8, 4) is 0 Å². The summed E-state index contributed by atoms with van der Waals surface area (Å²) in [5.41, 5.74) is 8.80. The molecule has 1 atom stereocenters. The van der Waals surface area contributed by atoms with Crippen LogP contribution in [0.25, 0.3) is 0 Å². The second kappa shape index (κ2) is 5.54. The number of hydrogen-bond donors (Lipinski definition) is 1. The van der Waals surface area contributed by atoms with E-state index in [0.717, 1.165) is 24.0 Å². The lowest BCUT2D eigenvalue weighted by molar-refractivity contribution is 0.581. The maximum atomic E-state index is 13.3. The molecular weight excluding hydrogens is 237 g/mol. The van der Waals surface area contributed by atoms with Crippen LogP contribution in [0.15, 0.2) is 48.5 Å². The van der Waals surface area contributed by atoms with Crippen molar-refractivity contribution in [1.82, 2.24) is 0 Å². The van der Waals surface area contributed by atoms with Crippen LogP contribution >= 0.6 is 0 Å². The maximum absolute atomic E-state index is 13.3. The minimum absolute atomic E-state index is 0.253.